The highest BCUT2D eigenvalue weighted by Crippen LogP contribution is 2.41. The van der Waals surface area contributed by atoms with Crippen molar-refractivity contribution in [3.8, 4) is 5.69 Å². The number of rotatable bonds is 7. The zero-order valence-corrected chi connectivity index (χ0v) is 16.1. The second kappa shape index (κ2) is 7.96. The number of carbonyl (C=O) groups is 1. The van der Waals surface area contributed by atoms with E-state index in [0.29, 0.717) is 11.7 Å². The van der Waals surface area contributed by atoms with E-state index in [9.17, 15) is 4.79 Å². The van der Waals surface area contributed by atoms with Gasteiger partial charge in [0.2, 0.25) is 5.91 Å². The lowest BCUT2D eigenvalue weighted by atomic mass is 10.1. The molecule has 6 heteroatoms. The topological polar surface area (TPSA) is 59.8 Å². The SMILES string of the molecule is CCc1cccc(NC(=O)CSc2nnc(C3CC3)n2-c2ccccc2)c1. The lowest BCUT2D eigenvalue weighted by Crippen LogP contribution is -2.14. The Bertz CT molecular complexity index is 934. The third-order valence-corrected chi connectivity index (χ3v) is 5.50. The van der Waals surface area contributed by atoms with Crippen molar-refractivity contribution in [1.82, 2.24) is 14.8 Å². The molecule has 3 aromatic rings. The van der Waals surface area contributed by atoms with Gasteiger partial charge in [0.15, 0.2) is 5.16 Å². The summed E-state index contributed by atoms with van der Waals surface area (Å²) >= 11 is 1.42. The van der Waals surface area contributed by atoms with Crippen LogP contribution in [0, 0.1) is 0 Å². The van der Waals surface area contributed by atoms with E-state index in [1.54, 1.807) is 0 Å². The van der Waals surface area contributed by atoms with E-state index in [-0.39, 0.29) is 5.91 Å². The molecule has 0 spiro atoms. The molecule has 0 saturated heterocycles. The Hall–Kier alpha value is -2.60. The molecule has 138 valence electrons. The molecule has 1 amide bonds. The smallest absolute Gasteiger partial charge is 0.234 e. The molecular weight excluding hydrogens is 356 g/mol. The van der Waals surface area contributed by atoms with Gasteiger partial charge in [0.25, 0.3) is 0 Å². The van der Waals surface area contributed by atoms with Crippen LogP contribution in [0.3, 0.4) is 0 Å². The fourth-order valence-electron chi connectivity index (χ4n) is 3.00. The van der Waals surface area contributed by atoms with Crippen molar-refractivity contribution in [3.05, 3.63) is 66.0 Å². The van der Waals surface area contributed by atoms with Gasteiger partial charge in [0, 0.05) is 17.3 Å². The van der Waals surface area contributed by atoms with E-state index in [1.807, 2.05) is 36.4 Å². The molecule has 0 radical (unpaired) electrons. The number of para-hydroxylation sites is 1. The first-order chi connectivity index (χ1) is 13.2. The average Bonchev–Trinajstić information content (AvgIpc) is 3.46. The van der Waals surface area contributed by atoms with Crippen LogP contribution in [-0.2, 0) is 11.2 Å². The Balaban J connectivity index is 1.47. The quantitative estimate of drug-likeness (QED) is 0.618. The highest BCUT2D eigenvalue weighted by molar-refractivity contribution is 7.99. The Morgan fingerprint density at radius 2 is 1.96 bits per heavy atom. The largest absolute Gasteiger partial charge is 0.325 e. The van der Waals surface area contributed by atoms with Gasteiger partial charge in [-0.2, -0.15) is 0 Å². The summed E-state index contributed by atoms with van der Waals surface area (Å²) in [7, 11) is 0. The van der Waals surface area contributed by atoms with Crippen LogP contribution in [-0.4, -0.2) is 26.4 Å². The van der Waals surface area contributed by atoms with E-state index in [4.69, 9.17) is 0 Å². The number of anilines is 1. The van der Waals surface area contributed by atoms with Gasteiger partial charge in [-0.05, 0) is 49.1 Å². The lowest BCUT2D eigenvalue weighted by Gasteiger charge is -2.10. The average molecular weight is 379 g/mol. The van der Waals surface area contributed by atoms with Gasteiger partial charge in [0.05, 0.1) is 5.75 Å². The molecule has 1 N–H and O–H groups in total. The van der Waals surface area contributed by atoms with Crippen LogP contribution in [0.25, 0.3) is 5.69 Å². The Morgan fingerprint density at radius 3 is 2.70 bits per heavy atom. The molecule has 27 heavy (non-hydrogen) atoms. The second-order valence-corrected chi connectivity index (χ2v) is 7.62. The van der Waals surface area contributed by atoms with E-state index < -0.39 is 0 Å². The van der Waals surface area contributed by atoms with Gasteiger partial charge < -0.3 is 5.32 Å². The van der Waals surface area contributed by atoms with Crippen molar-refractivity contribution in [1.29, 1.82) is 0 Å². The van der Waals surface area contributed by atoms with Crippen LogP contribution in [0.15, 0.2) is 59.8 Å². The van der Waals surface area contributed by atoms with Crippen molar-refractivity contribution < 1.29 is 4.79 Å². The number of benzene rings is 2. The highest BCUT2D eigenvalue weighted by Gasteiger charge is 2.31. The van der Waals surface area contributed by atoms with Crippen molar-refractivity contribution >= 4 is 23.4 Å². The summed E-state index contributed by atoms with van der Waals surface area (Å²) < 4.78 is 2.09. The van der Waals surface area contributed by atoms with Gasteiger partial charge in [-0.3, -0.25) is 9.36 Å². The summed E-state index contributed by atoms with van der Waals surface area (Å²) in [5, 5.41) is 12.5. The maximum absolute atomic E-state index is 12.4. The molecule has 1 saturated carbocycles. The zero-order valence-electron chi connectivity index (χ0n) is 15.3. The van der Waals surface area contributed by atoms with E-state index in [2.05, 4.69) is 45.2 Å². The number of nitrogens with one attached hydrogen (secondary N) is 1. The van der Waals surface area contributed by atoms with E-state index >= 15 is 0 Å². The van der Waals surface area contributed by atoms with Crippen molar-refractivity contribution in [2.45, 2.75) is 37.3 Å². The van der Waals surface area contributed by atoms with Crippen molar-refractivity contribution in [2.75, 3.05) is 11.1 Å². The van der Waals surface area contributed by atoms with Gasteiger partial charge in [-0.15, -0.1) is 10.2 Å². The monoisotopic (exact) mass is 378 g/mol. The molecule has 2 aromatic carbocycles. The first-order valence-corrected chi connectivity index (χ1v) is 10.3. The molecule has 0 atom stereocenters. The first kappa shape index (κ1) is 17.8. The van der Waals surface area contributed by atoms with Gasteiger partial charge in [-0.25, -0.2) is 0 Å². The summed E-state index contributed by atoms with van der Waals surface area (Å²) in [4.78, 5) is 12.4. The molecule has 4 rings (SSSR count). The molecule has 0 aliphatic heterocycles. The van der Waals surface area contributed by atoms with Crippen LogP contribution >= 0.6 is 11.8 Å². The maximum Gasteiger partial charge on any atom is 0.234 e. The number of hydrogen-bond donors (Lipinski definition) is 1. The Morgan fingerprint density at radius 1 is 1.15 bits per heavy atom. The van der Waals surface area contributed by atoms with E-state index in [0.717, 1.165) is 41.6 Å². The van der Waals surface area contributed by atoms with Crippen LogP contribution in [0.4, 0.5) is 5.69 Å². The molecule has 1 heterocycles. The van der Waals surface area contributed by atoms with Crippen LogP contribution in [0.2, 0.25) is 0 Å². The number of carbonyl (C=O) groups excluding carboxylic acids is 1. The second-order valence-electron chi connectivity index (χ2n) is 6.68. The summed E-state index contributed by atoms with van der Waals surface area (Å²) in [6, 6.07) is 18.1. The highest BCUT2D eigenvalue weighted by atomic mass is 32.2. The Kier molecular flexibility index (Phi) is 5.25. The summed E-state index contributed by atoms with van der Waals surface area (Å²) in [6.07, 6.45) is 3.26. The van der Waals surface area contributed by atoms with Crippen molar-refractivity contribution in [2.24, 2.45) is 0 Å². The fraction of sp³-hybridized carbons (Fsp3) is 0.286. The number of aryl methyl sites for hydroxylation is 1. The third kappa shape index (κ3) is 4.22. The predicted molar refractivity (Wildman–Crippen MR) is 109 cm³/mol. The minimum atomic E-state index is -0.0381. The number of nitrogens with zero attached hydrogens (tertiary/aromatic N) is 3. The molecule has 0 bridgehead atoms. The minimum Gasteiger partial charge on any atom is -0.325 e. The molecule has 1 aromatic heterocycles. The standard InChI is InChI=1S/C21H22N4OS/c1-2-15-7-6-8-17(13-15)22-19(26)14-27-21-24-23-20(16-11-12-16)25(21)18-9-4-3-5-10-18/h3-10,13,16H,2,11-12,14H2,1H3,(H,22,26). The summed E-state index contributed by atoms with van der Waals surface area (Å²) in [6.45, 7) is 2.10. The lowest BCUT2D eigenvalue weighted by molar-refractivity contribution is -0.113. The molecular formula is C21H22N4OS. The van der Waals surface area contributed by atoms with E-state index in [1.165, 1.54) is 17.3 Å². The number of amides is 1. The van der Waals surface area contributed by atoms with Gasteiger partial charge >= 0.3 is 0 Å². The Labute approximate surface area is 163 Å². The summed E-state index contributed by atoms with van der Waals surface area (Å²) in [5.74, 6) is 1.74. The molecule has 1 fully saturated rings. The summed E-state index contributed by atoms with van der Waals surface area (Å²) in [5.41, 5.74) is 3.09. The predicted octanol–water partition coefficient (Wildman–Crippen LogP) is 4.44. The van der Waals surface area contributed by atoms with Crippen LogP contribution in [0.5, 0.6) is 0 Å². The number of thioether (sulfide) groups is 1. The fourth-order valence-corrected chi connectivity index (χ4v) is 3.76. The van der Waals surface area contributed by atoms with Crippen LogP contribution in [0.1, 0.15) is 37.1 Å². The van der Waals surface area contributed by atoms with Crippen molar-refractivity contribution in [3.63, 3.8) is 0 Å². The normalized spacial score (nSPS) is 13.5. The number of hydrogen-bond acceptors (Lipinski definition) is 4. The zero-order chi connectivity index (χ0) is 18.6. The number of aromatic nitrogens is 3. The minimum absolute atomic E-state index is 0.0381. The first-order valence-electron chi connectivity index (χ1n) is 9.27. The third-order valence-electron chi connectivity index (χ3n) is 4.57. The van der Waals surface area contributed by atoms with Crippen LogP contribution < -0.4 is 5.32 Å². The van der Waals surface area contributed by atoms with Gasteiger partial charge in [-0.1, -0.05) is 49.0 Å². The maximum atomic E-state index is 12.4. The molecule has 1 aliphatic rings. The molecule has 1 aliphatic carbocycles. The molecule has 0 unspecified atom stereocenters. The van der Waals surface area contributed by atoms with Gasteiger partial charge in [0.1, 0.15) is 5.82 Å². The molecule has 5 nitrogen and oxygen atoms in total.